The number of ether oxygens (including phenoxy) is 1. The first-order valence-electron chi connectivity index (χ1n) is 5.18. The van der Waals surface area contributed by atoms with Crippen LogP contribution in [0.4, 0.5) is 13.2 Å². The van der Waals surface area contributed by atoms with Gasteiger partial charge in [-0.15, -0.1) is 24.5 Å². The summed E-state index contributed by atoms with van der Waals surface area (Å²) in [5.41, 5.74) is 0.130. The highest BCUT2D eigenvalue weighted by molar-refractivity contribution is 7.13. The monoisotopic (exact) mass is 287 g/mol. The third-order valence-electron chi connectivity index (χ3n) is 2.17. The lowest BCUT2D eigenvalue weighted by atomic mass is 10.1. The SMILES string of the molecule is Cc1ncc(C(=O)c2cccc(OC(F)(F)F)c2)s1. The number of nitrogens with zero attached hydrogens (tertiary/aromatic N) is 1. The smallest absolute Gasteiger partial charge is 0.406 e. The van der Waals surface area contributed by atoms with E-state index in [0.717, 1.165) is 12.1 Å². The van der Waals surface area contributed by atoms with E-state index in [1.165, 1.54) is 29.7 Å². The second-order valence-corrected chi connectivity index (χ2v) is 4.88. The van der Waals surface area contributed by atoms with E-state index in [4.69, 9.17) is 0 Å². The zero-order valence-electron chi connectivity index (χ0n) is 9.69. The number of halogens is 3. The second-order valence-electron chi connectivity index (χ2n) is 3.65. The highest BCUT2D eigenvalue weighted by atomic mass is 32.1. The van der Waals surface area contributed by atoms with Gasteiger partial charge in [0, 0.05) is 11.8 Å². The number of carbonyl (C=O) groups excluding carboxylic acids is 1. The standard InChI is InChI=1S/C12H8F3NO2S/c1-7-16-6-10(19-7)11(17)8-3-2-4-9(5-8)18-12(13,14)15/h2-6H,1H3. The van der Waals surface area contributed by atoms with E-state index in [9.17, 15) is 18.0 Å². The molecule has 0 saturated carbocycles. The topological polar surface area (TPSA) is 39.2 Å². The average Bonchev–Trinajstić information content (AvgIpc) is 2.73. The Labute approximate surface area is 110 Å². The molecule has 19 heavy (non-hydrogen) atoms. The molecule has 0 unspecified atom stereocenters. The third-order valence-corrected chi connectivity index (χ3v) is 3.09. The highest BCUT2D eigenvalue weighted by Crippen LogP contribution is 2.25. The molecule has 1 heterocycles. The molecule has 0 saturated heterocycles. The molecule has 0 N–H and O–H groups in total. The van der Waals surface area contributed by atoms with Gasteiger partial charge < -0.3 is 4.74 Å². The summed E-state index contributed by atoms with van der Waals surface area (Å²) in [6.45, 7) is 1.74. The van der Waals surface area contributed by atoms with Gasteiger partial charge in [0.1, 0.15) is 5.75 Å². The van der Waals surface area contributed by atoms with E-state index in [0.29, 0.717) is 9.88 Å². The van der Waals surface area contributed by atoms with Crippen LogP contribution in [-0.2, 0) is 0 Å². The number of thiazole rings is 1. The van der Waals surface area contributed by atoms with Crippen molar-refractivity contribution in [1.29, 1.82) is 0 Å². The molecule has 0 aliphatic rings. The molecular formula is C12H8F3NO2S. The Bertz CT molecular complexity index is 607. The number of hydrogen-bond donors (Lipinski definition) is 0. The van der Waals surface area contributed by atoms with E-state index >= 15 is 0 Å². The fourth-order valence-electron chi connectivity index (χ4n) is 1.44. The van der Waals surface area contributed by atoms with Crippen LogP contribution < -0.4 is 4.74 Å². The molecule has 3 nitrogen and oxygen atoms in total. The van der Waals surface area contributed by atoms with Crippen LogP contribution in [-0.4, -0.2) is 17.1 Å². The number of ketones is 1. The number of carbonyl (C=O) groups is 1. The Kier molecular flexibility index (Phi) is 3.57. The summed E-state index contributed by atoms with van der Waals surface area (Å²) in [5, 5.41) is 0.714. The van der Waals surface area contributed by atoms with Crippen LogP contribution in [0.2, 0.25) is 0 Å². The Morgan fingerprint density at radius 2 is 2.11 bits per heavy atom. The number of hydrogen-bond acceptors (Lipinski definition) is 4. The zero-order chi connectivity index (χ0) is 14.0. The molecule has 2 rings (SSSR count). The maximum Gasteiger partial charge on any atom is 0.573 e. The van der Waals surface area contributed by atoms with Crippen molar-refractivity contribution in [3.63, 3.8) is 0 Å². The molecule has 0 atom stereocenters. The molecule has 0 aliphatic carbocycles. The third kappa shape index (κ3) is 3.54. The molecule has 7 heteroatoms. The summed E-state index contributed by atoms with van der Waals surface area (Å²) in [4.78, 5) is 16.3. The van der Waals surface area contributed by atoms with Crippen molar-refractivity contribution in [2.45, 2.75) is 13.3 Å². The van der Waals surface area contributed by atoms with Gasteiger partial charge in [-0.3, -0.25) is 4.79 Å². The van der Waals surface area contributed by atoms with Gasteiger partial charge in [0.05, 0.1) is 9.88 Å². The molecule has 1 aromatic heterocycles. The van der Waals surface area contributed by atoms with Gasteiger partial charge in [0.15, 0.2) is 0 Å². The quantitative estimate of drug-likeness (QED) is 0.810. The number of benzene rings is 1. The fourth-order valence-corrected chi connectivity index (χ4v) is 2.18. The largest absolute Gasteiger partial charge is 0.573 e. The average molecular weight is 287 g/mol. The molecule has 0 aliphatic heterocycles. The van der Waals surface area contributed by atoms with Gasteiger partial charge in [-0.2, -0.15) is 0 Å². The van der Waals surface area contributed by atoms with E-state index in [2.05, 4.69) is 9.72 Å². The molecule has 0 fully saturated rings. The Morgan fingerprint density at radius 1 is 1.37 bits per heavy atom. The first-order valence-corrected chi connectivity index (χ1v) is 6.00. The van der Waals surface area contributed by atoms with E-state index in [1.54, 1.807) is 6.92 Å². The van der Waals surface area contributed by atoms with Gasteiger partial charge in [-0.25, -0.2) is 4.98 Å². The van der Waals surface area contributed by atoms with Crippen molar-refractivity contribution in [3.05, 3.63) is 45.9 Å². The lowest BCUT2D eigenvalue weighted by Gasteiger charge is -2.09. The minimum absolute atomic E-state index is 0.130. The molecular weight excluding hydrogens is 279 g/mol. The van der Waals surface area contributed by atoms with E-state index in [-0.39, 0.29) is 11.3 Å². The molecule has 1 aromatic carbocycles. The first-order chi connectivity index (χ1) is 8.85. The number of aryl methyl sites for hydroxylation is 1. The predicted molar refractivity (Wildman–Crippen MR) is 63.4 cm³/mol. The van der Waals surface area contributed by atoms with E-state index < -0.39 is 12.1 Å². The zero-order valence-corrected chi connectivity index (χ0v) is 10.5. The van der Waals surface area contributed by atoms with Crippen molar-refractivity contribution < 1.29 is 22.7 Å². The number of aromatic nitrogens is 1. The van der Waals surface area contributed by atoms with Gasteiger partial charge >= 0.3 is 6.36 Å². The highest BCUT2D eigenvalue weighted by Gasteiger charge is 2.31. The molecule has 0 amide bonds. The van der Waals surface area contributed by atoms with Gasteiger partial charge in [-0.05, 0) is 19.1 Å². The van der Waals surface area contributed by atoms with Crippen LogP contribution in [0.25, 0.3) is 0 Å². The molecule has 0 bridgehead atoms. The lowest BCUT2D eigenvalue weighted by Crippen LogP contribution is -2.17. The molecule has 2 aromatic rings. The van der Waals surface area contributed by atoms with Crippen LogP contribution >= 0.6 is 11.3 Å². The van der Waals surface area contributed by atoms with Crippen molar-refractivity contribution in [1.82, 2.24) is 4.98 Å². The van der Waals surface area contributed by atoms with Crippen LogP contribution in [0.15, 0.2) is 30.5 Å². The van der Waals surface area contributed by atoms with Crippen LogP contribution in [0.3, 0.4) is 0 Å². The summed E-state index contributed by atoms with van der Waals surface area (Å²) in [6.07, 6.45) is -3.37. The lowest BCUT2D eigenvalue weighted by molar-refractivity contribution is -0.274. The fraction of sp³-hybridized carbons (Fsp3) is 0.167. The number of rotatable bonds is 3. The second kappa shape index (κ2) is 5.00. The Morgan fingerprint density at radius 3 is 2.68 bits per heavy atom. The van der Waals surface area contributed by atoms with Crippen LogP contribution in [0.1, 0.15) is 20.2 Å². The summed E-state index contributed by atoms with van der Waals surface area (Å²) in [7, 11) is 0. The van der Waals surface area contributed by atoms with Crippen molar-refractivity contribution in [2.24, 2.45) is 0 Å². The molecule has 0 spiro atoms. The van der Waals surface area contributed by atoms with Crippen molar-refractivity contribution >= 4 is 17.1 Å². The Balaban J connectivity index is 2.26. The van der Waals surface area contributed by atoms with E-state index in [1.807, 2.05) is 0 Å². The molecule has 0 radical (unpaired) electrons. The first kappa shape index (κ1) is 13.5. The normalized spacial score (nSPS) is 11.4. The summed E-state index contributed by atoms with van der Waals surface area (Å²) < 4.78 is 40.0. The van der Waals surface area contributed by atoms with Crippen molar-refractivity contribution in [2.75, 3.05) is 0 Å². The van der Waals surface area contributed by atoms with Crippen LogP contribution in [0.5, 0.6) is 5.75 Å². The van der Waals surface area contributed by atoms with Gasteiger partial charge in [0.2, 0.25) is 5.78 Å². The minimum Gasteiger partial charge on any atom is -0.406 e. The van der Waals surface area contributed by atoms with Gasteiger partial charge in [-0.1, -0.05) is 12.1 Å². The maximum absolute atomic E-state index is 12.1. The van der Waals surface area contributed by atoms with Crippen LogP contribution in [0, 0.1) is 6.92 Å². The molecule has 100 valence electrons. The maximum atomic E-state index is 12.1. The Hall–Kier alpha value is -1.89. The van der Waals surface area contributed by atoms with Gasteiger partial charge in [0.25, 0.3) is 0 Å². The summed E-state index contributed by atoms with van der Waals surface area (Å²) >= 11 is 1.19. The summed E-state index contributed by atoms with van der Waals surface area (Å²) in [5.74, 6) is -0.794. The predicted octanol–water partition coefficient (Wildman–Crippen LogP) is 3.58. The summed E-state index contributed by atoms with van der Waals surface area (Å²) in [6, 6.07) is 4.97. The minimum atomic E-state index is -4.78. The van der Waals surface area contributed by atoms with Crippen molar-refractivity contribution in [3.8, 4) is 5.75 Å². The number of alkyl halides is 3.